The SMILES string of the molecule is CCc1ccc(OCC(O)Cn2c(N/N=C(\C)c3ccccc3)nc3c2c(=O)[nH]c(=O)n3C)cc1. The maximum atomic E-state index is 12.7. The number of aliphatic hydroxyl groups excluding tert-OH is 1. The molecule has 0 aliphatic carbocycles. The molecule has 0 aliphatic rings. The van der Waals surface area contributed by atoms with Crippen LogP contribution < -0.4 is 21.4 Å². The van der Waals surface area contributed by atoms with Gasteiger partial charge in [-0.3, -0.25) is 14.3 Å². The van der Waals surface area contributed by atoms with Crippen LogP contribution in [-0.4, -0.2) is 42.6 Å². The van der Waals surface area contributed by atoms with Gasteiger partial charge in [0.25, 0.3) is 5.56 Å². The molecule has 2 aromatic heterocycles. The van der Waals surface area contributed by atoms with Crippen molar-refractivity contribution >= 4 is 22.8 Å². The molecule has 2 heterocycles. The number of aryl methyl sites for hydroxylation is 2. The number of ether oxygens (including phenoxy) is 1. The number of nitrogens with zero attached hydrogens (tertiary/aromatic N) is 4. The van der Waals surface area contributed by atoms with Crippen molar-refractivity contribution in [2.75, 3.05) is 12.0 Å². The highest BCUT2D eigenvalue weighted by Gasteiger charge is 2.20. The topological polar surface area (TPSA) is 127 Å². The van der Waals surface area contributed by atoms with E-state index in [2.05, 4.69) is 27.4 Å². The first-order valence-corrected chi connectivity index (χ1v) is 11.3. The molecule has 2 aromatic carbocycles. The Bertz CT molecular complexity index is 1450. The number of hydrogen-bond acceptors (Lipinski definition) is 7. The molecule has 10 nitrogen and oxygen atoms in total. The van der Waals surface area contributed by atoms with Crippen molar-refractivity contribution < 1.29 is 9.84 Å². The second-order valence-electron chi connectivity index (χ2n) is 8.17. The third-order valence-corrected chi connectivity index (χ3v) is 5.69. The molecule has 0 aliphatic heterocycles. The van der Waals surface area contributed by atoms with Crippen molar-refractivity contribution in [2.45, 2.75) is 32.9 Å². The molecule has 1 atom stereocenters. The molecule has 0 bridgehead atoms. The summed E-state index contributed by atoms with van der Waals surface area (Å²) in [7, 11) is 1.51. The summed E-state index contributed by atoms with van der Waals surface area (Å²) >= 11 is 0. The summed E-state index contributed by atoms with van der Waals surface area (Å²) in [5, 5.41) is 15.1. The van der Waals surface area contributed by atoms with Crippen molar-refractivity contribution in [1.82, 2.24) is 19.1 Å². The zero-order chi connectivity index (χ0) is 24.9. The minimum Gasteiger partial charge on any atom is -0.491 e. The van der Waals surface area contributed by atoms with Crippen LogP contribution in [0, 0.1) is 0 Å². The first-order chi connectivity index (χ1) is 16.9. The minimum atomic E-state index is -0.963. The fourth-order valence-electron chi connectivity index (χ4n) is 3.65. The largest absolute Gasteiger partial charge is 0.491 e. The minimum absolute atomic E-state index is 0.000560. The van der Waals surface area contributed by atoms with Gasteiger partial charge in [-0.1, -0.05) is 49.4 Å². The number of imidazole rings is 1. The average molecular weight is 477 g/mol. The Morgan fingerprint density at radius 2 is 1.89 bits per heavy atom. The number of rotatable bonds is 9. The zero-order valence-electron chi connectivity index (χ0n) is 19.9. The van der Waals surface area contributed by atoms with Gasteiger partial charge in [0.05, 0.1) is 12.3 Å². The molecule has 4 rings (SSSR count). The summed E-state index contributed by atoms with van der Waals surface area (Å²) in [6, 6.07) is 17.2. The van der Waals surface area contributed by atoms with Crippen molar-refractivity contribution in [2.24, 2.45) is 12.1 Å². The maximum absolute atomic E-state index is 12.7. The van der Waals surface area contributed by atoms with E-state index in [1.807, 2.05) is 61.5 Å². The number of hydrogen-bond donors (Lipinski definition) is 3. The molecule has 182 valence electrons. The van der Waals surface area contributed by atoms with Crippen LogP contribution in [0.5, 0.6) is 5.75 Å². The molecule has 3 N–H and O–H groups in total. The van der Waals surface area contributed by atoms with Crippen LogP contribution in [0.3, 0.4) is 0 Å². The molecule has 4 aromatic rings. The van der Waals surface area contributed by atoms with E-state index in [1.54, 1.807) is 0 Å². The van der Waals surface area contributed by atoms with Crippen molar-refractivity contribution in [3.8, 4) is 5.75 Å². The number of aliphatic hydroxyl groups is 1. The molecule has 35 heavy (non-hydrogen) atoms. The van der Waals surface area contributed by atoms with E-state index in [0.29, 0.717) is 11.5 Å². The van der Waals surface area contributed by atoms with E-state index < -0.39 is 17.4 Å². The Hall–Kier alpha value is -4.18. The van der Waals surface area contributed by atoms with Crippen molar-refractivity contribution in [1.29, 1.82) is 0 Å². The summed E-state index contributed by atoms with van der Waals surface area (Å²) in [6.45, 7) is 3.90. The van der Waals surface area contributed by atoms with Gasteiger partial charge >= 0.3 is 5.69 Å². The van der Waals surface area contributed by atoms with Crippen LogP contribution in [0.25, 0.3) is 11.2 Å². The van der Waals surface area contributed by atoms with E-state index in [9.17, 15) is 14.7 Å². The Labute approximate surface area is 201 Å². The maximum Gasteiger partial charge on any atom is 0.329 e. The number of aromatic amines is 1. The fourth-order valence-corrected chi connectivity index (χ4v) is 3.65. The first kappa shape index (κ1) is 24.0. The average Bonchev–Trinajstić information content (AvgIpc) is 3.24. The van der Waals surface area contributed by atoms with E-state index in [-0.39, 0.29) is 30.3 Å². The molecule has 10 heteroatoms. The standard InChI is InChI=1S/C25H28N6O4/c1-4-17-10-12-20(13-11-17)35-15-19(32)14-31-21-22(30(3)25(34)27-23(21)33)26-24(31)29-28-16(2)18-8-6-5-7-9-18/h5-13,19,32H,4,14-15H2,1-3H3,(H,26,29)(H,27,33,34)/b28-16+. The third kappa shape index (κ3) is 5.33. The summed E-state index contributed by atoms with van der Waals surface area (Å²) in [4.78, 5) is 31.5. The summed E-state index contributed by atoms with van der Waals surface area (Å²) in [6.07, 6.45) is -0.0370. The number of H-pyrrole nitrogens is 1. The lowest BCUT2D eigenvalue weighted by atomic mass is 10.1. The second kappa shape index (κ2) is 10.4. The van der Waals surface area contributed by atoms with Gasteiger partial charge in [0.2, 0.25) is 5.95 Å². The molecular weight excluding hydrogens is 448 g/mol. The van der Waals surface area contributed by atoms with Gasteiger partial charge in [-0.25, -0.2) is 10.2 Å². The quantitative estimate of drug-likeness (QED) is 0.251. The number of benzene rings is 2. The zero-order valence-corrected chi connectivity index (χ0v) is 19.9. The molecule has 0 saturated carbocycles. The van der Waals surface area contributed by atoms with Crippen LogP contribution in [0.2, 0.25) is 0 Å². The lowest BCUT2D eigenvalue weighted by Gasteiger charge is -2.15. The summed E-state index contributed by atoms with van der Waals surface area (Å²) in [5.41, 5.74) is 4.83. The van der Waals surface area contributed by atoms with Gasteiger partial charge in [0.15, 0.2) is 11.2 Å². The van der Waals surface area contributed by atoms with Gasteiger partial charge < -0.3 is 14.4 Å². The van der Waals surface area contributed by atoms with Crippen LogP contribution in [-0.2, 0) is 20.0 Å². The third-order valence-electron chi connectivity index (χ3n) is 5.69. The van der Waals surface area contributed by atoms with Crippen molar-refractivity contribution in [3.05, 3.63) is 86.6 Å². The van der Waals surface area contributed by atoms with Gasteiger partial charge in [0.1, 0.15) is 18.5 Å². The lowest BCUT2D eigenvalue weighted by molar-refractivity contribution is 0.0938. The van der Waals surface area contributed by atoms with Crippen LogP contribution in [0.15, 0.2) is 69.3 Å². The number of aromatic nitrogens is 4. The molecule has 0 saturated heterocycles. The molecule has 1 unspecified atom stereocenters. The van der Waals surface area contributed by atoms with E-state index in [4.69, 9.17) is 4.74 Å². The molecule has 0 amide bonds. The van der Waals surface area contributed by atoms with E-state index in [0.717, 1.165) is 12.0 Å². The van der Waals surface area contributed by atoms with Crippen LogP contribution in [0.4, 0.5) is 5.95 Å². The molecule has 0 spiro atoms. The highest BCUT2D eigenvalue weighted by molar-refractivity contribution is 5.99. The Morgan fingerprint density at radius 1 is 1.17 bits per heavy atom. The Balaban J connectivity index is 1.62. The predicted octanol–water partition coefficient (Wildman–Crippen LogP) is 2.26. The number of fused-ring (bicyclic) bond motifs is 1. The smallest absolute Gasteiger partial charge is 0.329 e. The van der Waals surface area contributed by atoms with E-state index >= 15 is 0 Å². The summed E-state index contributed by atoms with van der Waals surface area (Å²) < 4.78 is 8.47. The Kier molecular flexibility index (Phi) is 7.11. The molecule has 0 radical (unpaired) electrons. The predicted molar refractivity (Wildman–Crippen MR) is 135 cm³/mol. The van der Waals surface area contributed by atoms with Gasteiger partial charge in [0, 0.05) is 7.05 Å². The lowest BCUT2D eigenvalue weighted by Crippen LogP contribution is -2.30. The summed E-state index contributed by atoms with van der Waals surface area (Å²) in [5.74, 6) is 0.853. The number of nitrogens with one attached hydrogen (secondary N) is 2. The van der Waals surface area contributed by atoms with Crippen molar-refractivity contribution in [3.63, 3.8) is 0 Å². The van der Waals surface area contributed by atoms with Gasteiger partial charge in [-0.2, -0.15) is 10.1 Å². The monoisotopic (exact) mass is 476 g/mol. The highest BCUT2D eigenvalue weighted by atomic mass is 16.5. The van der Waals surface area contributed by atoms with Crippen LogP contribution in [0.1, 0.15) is 25.0 Å². The first-order valence-electron chi connectivity index (χ1n) is 11.3. The fraction of sp³-hybridized carbons (Fsp3) is 0.280. The van der Waals surface area contributed by atoms with Gasteiger partial charge in [-0.05, 0) is 36.6 Å². The Morgan fingerprint density at radius 3 is 2.57 bits per heavy atom. The highest BCUT2D eigenvalue weighted by Crippen LogP contribution is 2.18. The van der Waals surface area contributed by atoms with E-state index in [1.165, 1.54) is 21.7 Å². The normalized spacial score (nSPS) is 12.6. The second-order valence-corrected chi connectivity index (χ2v) is 8.17. The molecular formula is C25H28N6O4. The van der Waals surface area contributed by atoms with Crippen LogP contribution >= 0.6 is 0 Å². The van der Waals surface area contributed by atoms with Gasteiger partial charge in [-0.15, -0.1) is 0 Å². The molecule has 0 fully saturated rings. The number of hydrazone groups is 1. The number of anilines is 1.